The van der Waals surface area contributed by atoms with Crippen LogP contribution in [0.3, 0.4) is 0 Å². The Kier molecular flexibility index (Phi) is 13.1. The number of carboxylic acid groups (broad SMARTS) is 2. The predicted molar refractivity (Wildman–Crippen MR) is 186 cm³/mol. The molecule has 0 bridgehead atoms. The topological polar surface area (TPSA) is 107 Å². The Morgan fingerprint density at radius 3 is 2.23 bits per heavy atom. The summed E-state index contributed by atoms with van der Waals surface area (Å²) in [5, 5.41) is 20.4. The quantitative estimate of drug-likeness (QED) is 0.164. The highest BCUT2D eigenvalue weighted by atomic mass is 127. The number of hydrogen-bond donors (Lipinski definition) is 3. The van der Waals surface area contributed by atoms with E-state index in [9.17, 15) is 14.4 Å². The van der Waals surface area contributed by atoms with E-state index in [4.69, 9.17) is 10.2 Å². The van der Waals surface area contributed by atoms with Crippen molar-refractivity contribution in [3.05, 3.63) is 120 Å². The molecular formula is C36H39IN2O5. The van der Waals surface area contributed by atoms with Crippen LogP contribution in [0, 0.1) is 5.41 Å². The van der Waals surface area contributed by atoms with Crippen LogP contribution in [0.2, 0.25) is 0 Å². The second-order valence-electron chi connectivity index (χ2n) is 11.1. The Bertz CT molecular complexity index is 1510. The first-order chi connectivity index (χ1) is 20.7. The highest BCUT2D eigenvalue weighted by molar-refractivity contribution is 14.0. The maximum Gasteiger partial charge on any atom is 0.331 e. The lowest BCUT2D eigenvalue weighted by Gasteiger charge is -2.26. The third kappa shape index (κ3) is 10.3. The minimum absolute atomic E-state index is 0. The predicted octanol–water partition coefficient (Wildman–Crippen LogP) is 7.66. The number of allylic oxidation sites excluding steroid dienone is 2. The zero-order valence-corrected chi connectivity index (χ0v) is 27.1. The number of benzene rings is 3. The number of nitrogens with zero attached hydrogens (tertiary/aromatic N) is 1. The number of rotatable bonds is 8. The SMILES string of the molecule is CC1(C(=O)O)C=CC=C(C(=O)O)C1.I.O=C(C=Cc1cccc(-c2ccccc2)c1)Nc1ccc(CN2CCCCC2)cc1. The van der Waals surface area contributed by atoms with Crippen molar-refractivity contribution >= 4 is 53.6 Å². The molecule has 1 unspecified atom stereocenters. The van der Waals surface area contributed by atoms with Crippen LogP contribution in [-0.4, -0.2) is 46.0 Å². The second kappa shape index (κ2) is 16.7. The Morgan fingerprint density at radius 2 is 1.57 bits per heavy atom. The van der Waals surface area contributed by atoms with Crippen LogP contribution in [0.1, 0.15) is 43.7 Å². The van der Waals surface area contributed by atoms with Gasteiger partial charge in [0.1, 0.15) is 0 Å². The van der Waals surface area contributed by atoms with Crippen molar-refractivity contribution in [1.29, 1.82) is 0 Å². The largest absolute Gasteiger partial charge is 0.481 e. The van der Waals surface area contributed by atoms with Crippen molar-refractivity contribution in [2.75, 3.05) is 18.4 Å². The number of carbonyl (C=O) groups is 3. The highest BCUT2D eigenvalue weighted by Gasteiger charge is 2.34. The first kappa shape index (κ1) is 34.5. The molecule has 2 aliphatic rings. The molecule has 3 N–H and O–H groups in total. The van der Waals surface area contributed by atoms with Crippen LogP contribution >= 0.6 is 24.0 Å². The van der Waals surface area contributed by atoms with E-state index >= 15 is 0 Å². The molecule has 3 aromatic rings. The van der Waals surface area contributed by atoms with Crippen LogP contribution in [-0.2, 0) is 20.9 Å². The van der Waals surface area contributed by atoms with E-state index in [0.29, 0.717) is 0 Å². The van der Waals surface area contributed by atoms with E-state index in [1.807, 2.05) is 48.5 Å². The Balaban J connectivity index is 0.000000319. The van der Waals surface area contributed by atoms with Gasteiger partial charge in [-0.2, -0.15) is 0 Å². The molecule has 44 heavy (non-hydrogen) atoms. The van der Waals surface area contributed by atoms with Gasteiger partial charge < -0.3 is 15.5 Å². The maximum absolute atomic E-state index is 12.3. The van der Waals surface area contributed by atoms with Crippen LogP contribution < -0.4 is 5.32 Å². The van der Waals surface area contributed by atoms with Crippen molar-refractivity contribution in [2.45, 2.75) is 39.2 Å². The molecule has 0 saturated carbocycles. The number of carboxylic acids is 2. The fourth-order valence-corrected chi connectivity index (χ4v) is 5.06. The summed E-state index contributed by atoms with van der Waals surface area (Å²) in [6.45, 7) is 4.87. The Labute approximate surface area is 276 Å². The van der Waals surface area contributed by atoms with Gasteiger partial charge in [0.2, 0.25) is 5.91 Å². The Hall–Kier alpha value is -4.02. The van der Waals surface area contributed by atoms with E-state index in [1.165, 1.54) is 68.6 Å². The van der Waals surface area contributed by atoms with Gasteiger partial charge in [-0.1, -0.05) is 85.3 Å². The number of halogens is 1. The average molecular weight is 707 g/mol. The summed E-state index contributed by atoms with van der Waals surface area (Å²) >= 11 is 0. The van der Waals surface area contributed by atoms with Crippen LogP contribution in [0.15, 0.2) is 109 Å². The highest BCUT2D eigenvalue weighted by Crippen LogP contribution is 2.31. The van der Waals surface area contributed by atoms with E-state index in [1.54, 1.807) is 6.08 Å². The van der Waals surface area contributed by atoms with Crippen molar-refractivity contribution in [1.82, 2.24) is 4.90 Å². The second-order valence-corrected chi connectivity index (χ2v) is 11.1. The van der Waals surface area contributed by atoms with Crippen molar-refractivity contribution < 1.29 is 24.6 Å². The summed E-state index contributed by atoms with van der Waals surface area (Å²) in [5.74, 6) is -2.18. The molecule has 1 saturated heterocycles. The first-order valence-electron chi connectivity index (χ1n) is 14.5. The summed E-state index contributed by atoms with van der Waals surface area (Å²) in [5.41, 5.74) is 4.48. The van der Waals surface area contributed by atoms with Gasteiger partial charge in [0.25, 0.3) is 0 Å². The molecule has 1 aliphatic heterocycles. The van der Waals surface area contributed by atoms with E-state index in [2.05, 4.69) is 46.6 Å². The van der Waals surface area contributed by atoms with E-state index < -0.39 is 17.4 Å². The summed E-state index contributed by atoms with van der Waals surface area (Å²) in [4.78, 5) is 36.2. The maximum atomic E-state index is 12.3. The number of piperidine rings is 1. The summed E-state index contributed by atoms with van der Waals surface area (Å²) in [7, 11) is 0. The number of aliphatic carboxylic acids is 2. The number of nitrogens with one attached hydrogen (secondary N) is 1. The molecule has 3 aromatic carbocycles. The third-order valence-electron chi connectivity index (χ3n) is 7.58. The minimum Gasteiger partial charge on any atom is -0.481 e. The molecular weight excluding hydrogens is 667 g/mol. The minimum atomic E-state index is -1.08. The number of hydrogen-bond acceptors (Lipinski definition) is 4. The zero-order valence-electron chi connectivity index (χ0n) is 24.8. The van der Waals surface area contributed by atoms with Gasteiger partial charge in [-0.05, 0) is 85.8 Å². The molecule has 0 spiro atoms. The fourth-order valence-electron chi connectivity index (χ4n) is 5.06. The molecule has 230 valence electrons. The summed E-state index contributed by atoms with van der Waals surface area (Å²) in [6, 6.07) is 26.6. The molecule has 1 aliphatic carbocycles. The van der Waals surface area contributed by atoms with Crippen LogP contribution in [0.25, 0.3) is 17.2 Å². The van der Waals surface area contributed by atoms with Gasteiger partial charge in [-0.3, -0.25) is 14.5 Å². The molecule has 8 heteroatoms. The zero-order chi connectivity index (χ0) is 30.7. The monoisotopic (exact) mass is 706 g/mol. The van der Waals surface area contributed by atoms with Gasteiger partial charge in [-0.25, -0.2) is 4.79 Å². The number of anilines is 1. The average Bonchev–Trinajstić information content (AvgIpc) is 3.02. The van der Waals surface area contributed by atoms with Crippen LogP contribution in [0.4, 0.5) is 5.69 Å². The van der Waals surface area contributed by atoms with Gasteiger partial charge >= 0.3 is 11.9 Å². The molecule has 5 rings (SSSR count). The first-order valence-corrected chi connectivity index (χ1v) is 14.5. The smallest absolute Gasteiger partial charge is 0.331 e. The van der Waals surface area contributed by atoms with E-state index in [-0.39, 0.29) is 41.9 Å². The van der Waals surface area contributed by atoms with E-state index in [0.717, 1.165) is 23.4 Å². The standard InChI is InChI=1S/C27H28N2O.C9H10O4.HI/c30-27(17-14-22-8-7-11-25(20-22)24-9-3-1-4-10-24)28-26-15-12-23(13-16-26)21-29-18-5-2-6-19-29;1-9(8(12)13)4-2-3-6(5-9)7(10)11;/h1,3-4,7-17,20H,2,5-6,18-19,21H2,(H,28,30);2-4H,5H2,1H3,(H,10,11)(H,12,13);1H. The normalized spacial score (nSPS) is 17.9. The van der Waals surface area contributed by atoms with Crippen molar-refractivity contribution in [3.8, 4) is 11.1 Å². The van der Waals surface area contributed by atoms with Crippen molar-refractivity contribution in [2.24, 2.45) is 5.41 Å². The number of amides is 1. The third-order valence-corrected chi connectivity index (χ3v) is 7.58. The van der Waals surface area contributed by atoms with Gasteiger partial charge in [0.15, 0.2) is 0 Å². The molecule has 1 amide bonds. The number of likely N-dealkylation sites (tertiary alicyclic amines) is 1. The van der Waals surface area contributed by atoms with Crippen LogP contribution in [0.5, 0.6) is 0 Å². The lowest BCUT2D eigenvalue weighted by molar-refractivity contribution is -0.145. The molecule has 0 radical (unpaired) electrons. The van der Waals surface area contributed by atoms with Gasteiger partial charge in [0.05, 0.1) is 5.41 Å². The Morgan fingerprint density at radius 1 is 0.886 bits per heavy atom. The molecule has 1 heterocycles. The lowest BCUT2D eigenvalue weighted by atomic mass is 9.80. The summed E-state index contributed by atoms with van der Waals surface area (Å²) in [6.07, 6.45) is 11.8. The molecule has 0 aromatic heterocycles. The molecule has 1 atom stereocenters. The fraction of sp³-hybridized carbons (Fsp3) is 0.250. The van der Waals surface area contributed by atoms with Gasteiger partial charge in [-0.15, -0.1) is 24.0 Å². The molecule has 1 fully saturated rings. The lowest BCUT2D eigenvalue weighted by Crippen LogP contribution is -2.29. The number of carbonyl (C=O) groups excluding carboxylic acids is 1. The molecule has 7 nitrogen and oxygen atoms in total. The summed E-state index contributed by atoms with van der Waals surface area (Å²) < 4.78 is 0. The van der Waals surface area contributed by atoms with Crippen molar-refractivity contribution in [3.63, 3.8) is 0 Å². The van der Waals surface area contributed by atoms with Gasteiger partial charge in [0, 0.05) is 23.9 Å².